The van der Waals surface area contributed by atoms with E-state index in [9.17, 15) is 9.18 Å². The van der Waals surface area contributed by atoms with Crippen LogP contribution in [0.25, 0.3) is 11.1 Å². The molecule has 1 amide bonds. The predicted molar refractivity (Wildman–Crippen MR) is 121 cm³/mol. The minimum absolute atomic E-state index is 0.0822. The van der Waals surface area contributed by atoms with E-state index >= 15 is 0 Å². The number of para-hydroxylation sites is 1. The Morgan fingerprint density at radius 1 is 1.10 bits per heavy atom. The van der Waals surface area contributed by atoms with E-state index in [-0.39, 0.29) is 18.3 Å². The third-order valence-electron chi connectivity index (χ3n) is 6.24. The van der Waals surface area contributed by atoms with Gasteiger partial charge in [-0.15, -0.1) is 0 Å². The molecular formula is C25H29FN4O. The molecule has 3 aromatic rings. The van der Waals surface area contributed by atoms with Crippen molar-refractivity contribution in [3.63, 3.8) is 0 Å². The van der Waals surface area contributed by atoms with Gasteiger partial charge in [-0.05, 0) is 43.3 Å². The summed E-state index contributed by atoms with van der Waals surface area (Å²) in [7, 11) is 3.88. The molecule has 2 aromatic carbocycles. The Bertz CT molecular complexity index is 1110. The lowest BCUT2D eigenvalue weighted by atomic mass is 9.81. The molecule has 1 atom stereocenters. The van der Waals surface area contributed by atoms with Crippen LogP contribution in [0.2, 0.25) is 0 Å². The first-order chi connectivity index (χ1) is 15.0. The Morgan fingerprint density at radius 3 is 2.52 bits per heavy atom. The van der Waals surface area contributed by atoms with Crippen LogP contribution < -0.4 is 4.90 Å². The molecule has 1 saturated heterocycles. The Labute approximate surface area is 183 Å². The van der Waals surface area contributed by atoms with Gasteiger partial charge in [0.15, 0.2) is 0 Å². The third-order valence-corrected chi connectivity index (χ3v) is 6.24. The number of likely N-dealkylation sites (N-methyl/N-ethyl adjacent to an activating group) is 1. The monoisotopic (exact) mass is 420 g/mol. The van der Waals surface area contributed by atoms with Crippen LogP contribution in [0.3, 0.4) is 0 Å². The molecule has 0 saturated carbocycles. The SMILES string of the molecule is CC.CN1CCC2(C1)C(=O)N(Cc1ccc(-c3cnn(C)c3)cc1F)c1ccccc12. The number of carbonyl (C=O) groups excluding carboxylic acids is 1. The molecule has 2 aliphatic heterocycles. The summed E-state index contributed by atoms with van der Waals surface area (Å²) in [4.78, 5) is 17.5. The van der Waals surface area contributed by atoms with Gasteiger partial charge in [0.05, 0.1) is 18.2 Å². The van der Waals surface area contributed by atoms with Crippen molar-refractivity contribution in [3.05, 3.63) is 71.8 Å². The number of hydrogen-bond acceptors (Lipinski definition) is 3. The van der Waals surface area contributed by atoms with E-state index in [0.29, 0.717) is 12.1 Å². The Morgan fingerprint density at radius 2 is 1.87 bits per heavy atom. The van der Waals surface area contributed by atoms with Gasteiger partial charge in [-0.1, -0.05) is 44.2 Å². The number of benzene rings is 2. The molecule has 0 aliphatic carbocycles. The van der Waals surface area contributed by atoms with Gasteiger partial charge < -0.3 is 9.80 Å². The average molecular weight is 421 g/mol. The lowest BCUT2D eigenvalue weighted by molar-refractivity contribution is -0.122. The molecule has 1 aromatic heterocycles. The second-order valence-corrected chi connectivity index (χ2v) is 8.19. The predicted octanol–water partition coefficient (Wildman–Crippen LogP) is 4.37. The minimum atomic E-state index is -0.503. The second kappa shape index (κ2) is 8.27. The van der Waals surface area contributed by atoms with Crippen LogP contribution >= 0.6 is 0 Å². The van der Waals surface area contributed by atoms with Crippen LogP contribution in [0.4, 0.5) is 10.1 Å². The number of hydrogen-bond donors (Lipinski definition) is 0. The van der Waals surface area contributed by atoms with Crippen LogP contribution in [0.5, 0.6) is 0 Å². The van der Waals surface area contributed by atoms with Crippen molar-refractivity contribution in [1.29, 1.82) is 0 Å². The van der Waals surface area contributed by atoms with Crippen molar-refractivity contribution >= 4 is 11.6 Å². The van der Waals surface area contributed by atoms with Crippen molar-refractivity contribution in [2.75, 3.05) is 25.0 Å². The van der Waals surface area contributed by atoms with E-state index in [1.165, 1.54) is 6.07 Å². The Hall–Kier alpha value is -2.99. The van der Waals surface area contributed by atoms with Crippen LogP contribution in [-0.4, -0.2) is 40.7 Å². The molecule has 0 bridgehead atoms. The first kappa shape index (κ1) is 21.2. The first-order valence-corrected chi connectivity index (χ1v) is 10.9. The summed E-state index contributed by atoms with van der Waals surface area (Å²) < 4.78 is 16.6. The number of anilines is 1. The summed E-state index contributed by atoms with van der Waals surface area (Å²) in [6, 6.07) is 13.1. The highest BCUT2D eigenvalue weighted by atomic mass is 19.1. The zero-order chi connectivity index (χ0) is 22.2. The van der Waals surface area contributed by atoms with E-state index in [4.69, 9.17) is 0 Å². The van der Waals surface area contributed by atoms with Crippen molar-refractivity contribution in [3.8, 4) is 11.1 Å². The molecule has 1 spiro atoms. The van der Waals surface area contributed by atoms with Gasteiger partial charge >= 0.3 is 0 Å². The molecule has 5 nitrogen and oxygen atoms in total. The number of likely N-dealkylation sites (tertiary alicyclic amines) is 1. The largest absolute Gasteiger partial charge is 0.307 e. The maximum atomic E-state index is 15.0. The molecule has 3 heterocycles. The van der Waals surface area contributed by atoms with Crippen molar-refractivity contribution in [2.24, 2.45) is 7.05 Å². The van der Waals surface area contributed by atoms with E-state index < -0.39 is 5.41 Å². The molecule has 6 heteroatoms. The third kappa shape index (κ3) is 3.55. The fourth-order valence-corrected chi connectivity index (χ4v) is 4.74. The lowest BCUT2D eigenvalue weighted by Crippen LogP contribution is -2.41. The average Bonchev–Trinajstić information content (AvgIpc) is 3.45. The van der Waals surface area contributed by atoms with Crippen molar-refractivity contribution in [1.82, 2.24) is 14.7 Å². The summed E-state index contributed by atoms with van der Waals surface area (Å²) in [6.45, 7) is 5.84. The lowest BCUT2D eigenvalue weighted by Gasteiger charge is -2.24. The van der Waals surface area contributed by atoms with Gasteiger partial charge in [-0.25, -0.2) is 4.39 Å². The van der Waals surface area contributed by atoms with Gasteiger partial charge in [0.1, 0.15) is 5.82 Å². The fraction of sp³-hybridized carbons (Fsp3) is 0.360. The maximum absolute atomic E-state index is 15.0. The van der Waals surface area contributed by atoms with Gasteiger partial charge in [0.2, 0.25) is 5.91 Å². The summed E-state index contributed by atoms with van der Waals surface area (Å²) >= 11 is 0. The standard InChI is InChI=1S/C23H23FN4O.C2H6/c1-26-10-9-23(15-26)19-5-3-4-6-21(19)28(22(23)29)14-17-8-7-16(11-20(17)24)18-12-25-27(2)13-18;1-2/h3-8,11-13H,9-10,14-15H2,1-2H3;1-2H3. The number of nitrogens with zero attached hydrogens (tertiary/aromatic N) is 4. The smallest absolute Gasteiger partial charge is 0.239 e. The summed E-state index contributed by atoms with van der Waals surface area (Å²) in [5.74, 6) is -0.222. The highest BCUT2D eigenvalue weighted by molar-refractivity contribution is 6.08. The molecule has 1 fully saturated rings. The zero-order valence-electron chi connectivity index (χ0n) is 18.6. The Balaban J connectivity index is 0.00000112. The quantitative estimate of drug-likeness (QED) is 0.632. The van der Waals surface area contributed by atoms with Crippen LogP contribution in [-0.2, 0) is 23.8 Å². The first-order valence-electron chi connectivity index (χ1n) is 10.9. The molecule has 0 radical (unpaired) electrons. The summed E-state index contributed by atoms with van der Waals surface area (Å²) in [5.41, 5.74) is 3.64. The molecule has 5 rings (SSSR count). The van der Waals surface area contributed by atoms with E-state index in [1.807, 2.05) is 64.5 Å². The normalized spacial score (nSPS) is 20.2. The van der Waals surface area contributed by atoms with Gasteiger partial charge in [0.25, 0.3) is 0 Å². The number of halogens is 1. The van der Waals surface area contributed by atoms with Crippen molar-refractivity contribution < 1.29 is 9.18 Å². The molecular weight excluding hydrogens is 391 g/mol. The fourth-order valence-electron chi connectivity index (χ4n) is 4.74. The van der Waals surface area contributed by atoms with Crippen LogP contribution in [0, 0.1) is 5.82 Å². The maximum Gasteiger partial charge on any atom is 0.239 e. The number of aryl methyl sites for hydroxylation is 1. The summed E-state index contributed by atoms with van der Waals surface area (Å²) in [5, 5.41) is 4.15. The van der Waals surface area contributed by atoms with Crippen LogP contribution in [0.1, 0.15) is 31.4 Å². The number of amides is 1. The summed E-state index contributed by atoms with van der Waals surface area (Å²) in [6.07, 6.45) is 4.38. The second-order valence-electron chi connectivity index (χ2n) is 8.19. The Kier molecular flexibility index (Phi) is 5.67. The highest BCUT2D eigenvalue weighted by Crippen LogP contribution is 2.47. The van der Waals surface area contributed by atoms with Gasteiger partial charge in [-0.3, -0.25) is 9.48 Å². The van der Waals surface area contributed by atoms with Crippen LogP contribution in [0.15, 0.2) is 54.9 Å². The molecule has 2 aliphatic rings. The van der Waals surface area contributed by atoms with Gasteiger partial charge in [0, 0.05) is 36.6 Å². The minimum Gasteiger partial charge on any atom is -0.307 e. The zero-order valence-corrected chi connectivity index (χ0v) is 18.6. The van der Waals surface area contributed by atoms with E-state index in [2.05, 4.69) is 10.00 Å². The number of carbonyl (C=O) groups is 1. The van der Waals surface area contributed by atoms with Gasteiger partial charge in [-0.2, -0.15) is 5.10 Å². The molecule has 0 N–H and O–H groups in total. The number of fused-ring (bicyclic) bond motifs is 2. The topological polar surface area (TPSA) is 41.4 Å². The number of rotatable bonds is 3. The highest BCUT2D eigenvalue weighted by Gasteiger charge is 2.53. The van der Waals surface area contributed by atoms with E-state index in [1.54, 1.807) is 21.8 Å². The number of aromatic nitrogens is 2. The molecule has 1 unspecified atom stereocenters. The molecule has 31 heavy (non-hydrogen) atoms. The molecule has 162 valence electrons. The van der Waals surface area contributed by atoms with Crippen molar-refractivity contribution in [2.45, 2.75) is 32.2 Å². The van der Waals surface area contributed by atoms with E-state index in [0.717, 1.165) is 35.3 Å².